The summed E-state index contributed by atoms with van der Waals surface area (Å²) in [6, 6.07) is 6.09. The van der Waals surface area contributed by atoms with E-state index in [-0.39, 0.29) is 28.5 Å². The van der Waals surface area contributed by atoms with Gasteiger partial charge in [0, 0.05) is 6.42 Å². The number of hydrogen-bond acceptors (Lipinski definition) is 5. The van der Waals surface area contributed by atoms with E-state index in [9.17, 15) is 13.2 Å². The van der Waals surface area contributed by atoms with Gasteiger partial charge in [-0.1, -0.05) is 38.5 Å². The molecule has 6 nitrogen and oxygen atoms in total. The molecule has 1 aliphatic rings. The van der Waals surface area contributed by atoms with Crippen molar-refractivity contribution < 1.29 is 21.8 Å². The van der Waals surface area contributed by atoms with Crippen molar-refractivity contribution in [2.24, 2.45) is 0 Å². The van der Waals surface area contributed by atoms with Crippen LogP contribution in [0.1, 0.15) is 32.8 Å². The molecule has 26 heavy (non-hydrogen) atoms. The van der Waals surface area contributed by atoms with Gasteiger partial charge in [-0.25, -0.2) is 0 Å². The topological polar surface area (TPSA) is 81.7 Å². The number of benzene rings is 1. The van der Waals surface area contributed by atoms with Gasteiger partial charge in [0.1, 0.15) is 6.10 Å². The van der Waals surface area contributed by atoms with Gasteiger partial charge in [-0.05, 0) is 37.2 Å². The third kappa shape index (κ3) is 4.94. The number of carbonyl (C=O) groups excluding carboxylic acids is 1. The van der Waals surface area contributed by atoms with Crippen molar-refractivity contribution in [2.45, 2.75) is 69.3 Å². The van der Waals surface area contributed by atoms with Crippen molar-refractivity contribution in [1.82, 2.24) is 5.32 Å². The Morgan fingerprint density at radius 1 is 1.19 bits per heavy atom. The molecular formula is C18H29NO5SSi. The summed E-state index contributed by atoms with van der Waals surface area (Å²) in [6.45, 7) is 12.3. The van der Waals surface area contributed by atoms with Crippen LogP contribution in [-0.2, 0) is 23.5 Å². The number of aryl methyl sites for hydroxylation is 1. The Hall–Kier alpha value is -1.22. The first-order valence-corrected chi connectivity index (χ1v) is 13.1. The van der Waals surface area contributed by atoms with Gasteiger partial charge < -0.3 is 9.74 Å². The second kappa shape index (κ2) is 7.42. The number of carbonyl (C=O) groups is 1. The quantitative estimate of drug-likeness (QED) is 0.587. The summed E-state index contributed by atoms with van der Waals surface area (Å²) in [5, 5.41) is 2.78. The molecule has 1 amide bonds. The normalized spacial score (nSPS) is 21.7. The zero-order valence-electron chi connectivity index (χ0n) is 16.3. The van der Waals surface area contributed by atoms with Crippen LogP contribution in [0.2, 0.25) is 18.1 Å². The molecule has 0 aromatic heterocycles. The molecule has 0 radical (unpaired) electrons. The second-order valence-corrected chi connectivity index (χ2v) is 14.7. The lowest BCUT2D eigenvalue weighted by Crippen LogP contribution is -2.45. The molecule has 2 rings (SSSR count). The average Bonchev–Trinajstić information content (AvgIpc) is 2.84. The van der Waals surface area contributed by atoms with Gasteiger partial charge in [0.25, 0.3) is 10.1 Å². The molecule has 0 aliphatic carbocycles. The van der Waals surface area contributed by atoms with Gasteiger partial charge in [-0.3, -0.25) is 8.98 Å². The minimum absolute atomic E-state index is 0.00333. The largest absolute Gasteiger partial charge is 0.405 e. The lowest BCUT2D eigenvalue weighted by atomic mass is 10.2. The Bertz CT molecular complexity index is 753. The molecule has 1 fully saturated rings. The van der Waals surface area contributed by atoms with E-state index in [0.29, 0.717) is 6.42 Å². The van der Waals surface area contributed by atoms with Crippen molar-refractivity contribution in [1.29, 1.82) is 0 Å². The fourth-order valence-electron chi connectivity index (χ4n) is 2.41. The van der Waals surface area contributed by atoms with E-state index in [1.807, 2.05) is 6.92 Å². The molecule has 1 N–H and O–H groups in total. The molecule has 0 spiro atoms. The van der Waals surface area contributed by atoms with Crippen LogP contribution in [0.5, 0.6) is 0 Å². The van der Waals surface area contributed by atoms with E-state index in [1.54, 1.807) is 12.1 Å². The monoisotopic (exact) mass is 399 g/mol. The number of amides is 1. The van der Waals surface area contributed by atoms with E-state index < -0.39 is 24.5 Å². The molecule has 1 aliphatic heterocycles. The fourth-order valence-corrected chi connectivity index (χ4v) is 4.62. The predicted molar refractivity (Wildman–Crippen MR) is 103 cm³/mol. The molecule has 1 aromatic carbocycles. The molecule has 0 bridgehead atoms. The third-order valence-electron chi connectivity index (χ3n) is 5.11. The van der Waals surface area contributed by atoms with E-state index in [1.165, 1.54) is 12.1 Å². The highest BCUT2D eigenvalue weighted by Gasteiger charge is 2.43. The molecule has 2 unspecified atom stereocenters. The van der Waals surface area contributed by atoms with E-state index in [0.717, 1.165) is 5.56 Å². The van der Waals surface area contributed by atoms with Crippen LogP contribution < -0.4 is 5.32 Å². The van der Waals surface area contributed by atoms with Crippen molar-refractivity contribution in [2.75, 3.05) is 6.61 Å². The summed E-state index contributed by atoms with van der Waals surface area (Å²) in [4.78, 5) is 12.3. The Morgan fingerprint density at radius 3 is 2.31 bits per heavy atom. The summed E-state index contributed by atoms with van der Waals surface area (Å²) >= 11 is 0. The minimum atomic E-state index is -3.84. The molecular weight excluding hydrogens is 370 g/mol. The Morgan fingerprint density at radius 2 is 1.77 bits per heavy atom. The number of hydrogen-bond donors (Lipinski definition) is 1. The maximum absolute atomic E-state index is 12.3. The Balaban J connectivity index is 1.96. The van der Waals surface area contributed by atoms with Gasteiger partial charge in [-0.2, -0.15) is 8.42 Å². The standard InChI is InChI=1S/C18H29NO5SSi/c1-13-7-9-15(10-8-13)25(21,22)23-12-14-11-16(17(20)19-14)24-26(5,6)18(2,3)4/h7-10,14,16H,11-12H2,1-6H3,(H,19,20). The molecule has 1 saturated heterocycles. The zero-order valence-corrected chi connectivity index (χ0v) is 18.1. The van der Waals surface area contributed by atoms with Gasteiger partial charge in [0.05, 0.1) is 17.5 Å². The summed E-state index contributed by atoms with van der Waals surface area (Å²) in [5.74, 6) is -0.198. The first-order valence-electron chi connectivity index (χ1n) is 8.76. The lowest BCUT2D eigenvalue weighted by Gasteiger charge is -2.37. The molecule has 2 atom stereocenters. The summed E-state index contributed by atoms with van der Waals surface area (Å²) in [5.41, 5.74) is 0.970. The van der Waals surface area contributed by atoms with Crippen LogP contribution in [0, 0.1) is 6.92 Å². The van der Waals surface area contributed by atoms with Crippen LogP contribution in [0.25, 0.3) is 0 Å². The van der Waals surface area contributed by atoms with Crippen molar-refractivity contribution in [3.05, 3.63) is 29.8 Å². The predicted octanol–water partition coefficient (Wildman–Crippen LogP) is 2.98. The average molecular weight is 400 g/mol. The zero-order chi connectivity index (χ0) is 19.8. The van der Waals surface area contributed by atoms with Gasteiger partial charge in [-0.15, -0.1) is 0 Å². The highest BCUT2D eigenvalue weighted by Crippen LogP contribution is 2.38. The summed E-state index contributed by atoms with van der Waals surface area (Å²) in [6.07, 6.45) is -0.138. The maximum Gasteiger partial charge on any atom is 0.297 e. The van der Waals surface area contributed by atoms with Crippen LogP contribution >= 0.6 is 0 Å². The van der Waals surface area contributed by atoms with Gasteiger partial charge >= 0.3 is 0 Å². The lowest BCUT2D eigenvalue weighted by molar-refractivity contribution is -0.125. The smallest absolute Gasteiger partial charge is 0.297 e. The highest BCUT2D eigenvalue weighted by molar-refractivity contribution is 7.86. The van der Waals surface area contributed by atoms with Crippen LogP contribution in [-0.4, -0.2) is 41.4 Å². The van der Waals surface area contributed by atoms with Crippen LogP contribution in [0.3, 0.4) is 0 Å². The summed E-state index contributed by atoms with van der Waals surface area (Å²) < 4.78 is 35.8. The molecule has 1 heterocycles. The van der Waals surface area contributed by atoms with Gasteiger partial charge in [0.15, 0.2) is 8.32 Å². The first-order chi connectivity index (χ1) is 11.8. The van der Waals surface area contributed by atoms with E-state index in [2.05, 4.69) is 39.2 Å². The van der Waals surface area contributed by atoms with Crippen molar-refractivity contribution in [3.63, 3.8) is 0 Å². The fraction of sp³-hybridized carbons (Fsp3) is 0.611. The second-order valence-electron chi connectivity index (χ2n) is 8.36. The van der Waals surface area contributed by atoms with Crippen LogP contribution in [0.15, 0.2) is 29.2 Å². The van der Waals surface area contributed by atoms with Gasteiger partial charge in [0.2, 0.25) is 5.91 Å². The van der Waals surface area contributed by atoms with Crippen molar-refractivity contribution >= 4 is 24.3 Å². The third-order valence-corrected chi connectivity index (χ3v) is 10.9. The maximum atomic E-state index is 12.3. The Labute approximate surface area is 157 Å². The molecule has 146 valence electrons. The van der Waals surface area contributed by atoms with E-state index in [4.69, 9.17) is 8.61 Å². The molecule has 8 heteroatoms. The highest BCUT2D eigenvalue weighted by atomic mass is 32.2. The number of rotatable bonds is 6. The summed E-state index contributed by atoms with van der Waals surface area (Å²) in [7, 11) is -5.92. The SMILES string of the molecule is Cc1ccc(S(=O)(=O)OCC2CC(O[Si](C)(C)C(C)(C)C)C(=O)N2)cc1. The first kappa shape index (κ1) is 21.1. The number of nitrogens with one attached hydrogen (secondary N) is 1. The molecule has 1 aromatic rings. The molecule has 0 saturated carbocycles. The minimum Gasteiger partial charge on any atom is -0.405 e. The van der Waals surface area contributed by atoms with E-state index >= 15 is 0 Å². The van der Waals surface area contributed by atoms with Crippen LogP contribution in [0.4, 0.5) is 0 Å². The Kier molecular flexibility index (Phi) is 6.02. The van der Waals surface area contributed by atoms with Crippen molar-refractivity contribution in [3.8, 4) is 0 Å².